The van der Waals surface area contributed by atoms with Crippen molar-refractivity contribution in [1.29, 1.82) is 0 Å². The fraction of sp³-hybridized carbons (Fsp3) is 0.263. The third kappa shape index (κ3) is 4.80. The quantitative estimate of drug-likeness (QED) is 0.438. The number of fused-ring (bicyclic) bond motifs is 1. The number of hydrogen-bond acceptors (Lipinski definition) is 4. The smallest absolute Gasteiger partial charge is 0.226 e. The molecule has 1 amide bonds. The van der Waals surface area contributed by atoms with E-state index in [1.165, 1.54) is 29.0 Å². The summed E-state index contributed by atoms with van der Waals surface area (Å²) >= 11 is 3.14. The van der Waals surface area contributed by atoms with Gasteiger partial charge >= 0.3 is 0 Å². The predicted molar refractivity (Wildman–Crippen MR) is 104 cm³/mol. The molecule has 130 valence electrons. The minimum Gasteiger partial charge on any atom is -0.302 e. The minimum absolute atomic E-state index is 0.0168. The number of halogens is 1. The summed E-state index contributed by atoms with van der Waals surface area (Å²) in [5.74, 6) is 0.571. The number of para-hydroxylation sites is 1. The van der Waals surface area contributed by atoms with E-state index in [0.29, 0.717) is 11.6 Å². The van der Waals surface area contributed by atoms with Gasteiger partial charge in [0.05, 0.1) is 10.2 Å². The van der Waals surface area contributed by atoms with Crippen LogP contribution in [0.25, 0.3) is 10.2 Å². The second-order valence-corrected chi connectivity index (χ2v) is 7.79. The predicted octanol–water partition coefficient (Wildman–Crippen LogP) is 5.51. The van der Waals surface area contributed by atoms with Crippen molar-refractivity contribution < 1.29 is 9.18 Å². The number of thioether (sulfide) groups is 1. The molecule has 0 bridgehead atoms. The SMILES string of the molecule is CCc1cccc2sc(NC(=O)CCCSc3ccc(F)cc3)nc12. The number of carbonyl (C=O) groups is 1. The molecule has 6 heteroatoms. The third-order valence-corrected chi connectivity index (χ3v) is 5.79. The van der Waals surface area contributed by atoms with Gasteiger partial charge in [-0.05, 0) is 54.5 Å². The van der Waals surface area contributed by atoms with Crippen molar-refractivity contribution in [3.05, 3.63) is 53.8 Å². The fourth-order valence-electron chi connectivity index (χ4n) is 2.48. The Balaban J connectivity index is 1.48. The average Bonchev–Trinajstić information content (AvgIpc) is 3.02. The first-order valence-electron chi connectivity index (χ1n) is 8.22. The maximum absolute atomic E-state index is 12.8. The first-order chi connectivity index (χ1) is 12.2. The van der Waals surface area contributed by atoms with E-state index in [2.05, 4.69) is 23.3 Å². The van der Waals surface area contributed by atoms with Gasteiger partial charge < -0.3 is 5.32 Å². The maximum atomic E-state index is 12.8. The fourth-order valence-corrected chi connectivity index (χ4v) is 4.26. The van der Waals surface area contributed by atoms with Crippen LogP contribution in [0.15, 0.2) is 47.4 Å². The molecule has 0 aliphatic rings. The lowest BCUT2D eigenvalue weighted by Gasteiger charge is -2.02. The molecule has 0 spiro atoms. The number of aromatic nitrogens is 1. The lowest BCUT2D eigenvalue weighted by Crippen LogP contribution is -2.11. The van der Waals surface area contributed by atoms with Crippen molar-refractivity contribution in [2.24, 2.45) is 0 Å². The lowest BCUT2D eigenvalue weighted by atomic mass is 10.1. The Morgan fingerprint density at radius 2 is 2.04 bits per heavy atom. The Morgan fingerprint density at radius 1 is 1.24 bits per heavy atom. The standard InChI is InChI=1S/C19H19FN2OS2/c1-2-13-5-3-6-16-18(13)22-19(25-16)21-17(23)7-4-12-24-15-10-8-14(20)9-11-15/h3,5-6,8-11H,2,4,7,12H2,1H3,(H,21,22,23). The summed E-state index contributed by atoms with van der Waals surface area (Å²) < 4.78 is 13.9. The van der Waals surface area contributed by atoms with Gasteiger partial charge in [-0.3, -0.25) is 4.79 Å². The lowest BCUT2D eigenvalue weighted by molar-refractivity contribution is -0.116. The van der Waals surface area contributed by atoms with Gasteiger partial charge in [0.15, 0.2) is 5.13 Å². The van der Waals surface area contributed by atoms with Crippen LogP contribution in [0.1, 0.15) is 25.3 Å². The van der Waals surface area contributed by atoms with Crippen LogP contribution in [0.4, 0.5) is 9.52 Å². The van der Waals surface area contributed by atoms with Gasteiger partial charge in [-0.15, -0.1) is 11.8 Å². The van der Waals surface area contributed by atoms with E-state index in [0.717, 1.165) is 33.7 Å². The van der Waals surface area contributed by atoms with Crippen LogP contribution in [0.5, 0.6) is 0 Å². The largest absolute Gasteiger partial charge is 0.302 e. The molecule has 0 saturated heterocycles. The molecule has 0 unspecified atom stereocenters. The van der Waals surface area contributed by atoms with Gasteiger partial charge in [-0.2, -0.15) is 0 Å². The highest BCUT2D eigenvalue weighted by atomic mass is 32.2. The van der Waals surface area contributed by atoms with Crippen LogP contribution in [-0.2, 0) is 11.2 Å². The molecule has 0 saturated carbocycles. The number of carbonyl (C=O) groups excluding carboxylic acids is 1. The van der Waals surface area contributed by atoms with Crippen LogP contribution in [-0.4, -0.2) is 16.6 Å². The van der Waals surface area contributed by atoms with Crippen LogP contribution < -0.4 is 5.32 Å². The summed E-state index contributed by atoms with van der Waals surface area (Å²) in [5, 5.41) is 3.56. The number of amides is 1. The Hall–Kier alpha value is -1.92. The molecule has 0 atom stereocenters. The number of hydrogen-bond donors (Lipinski definition) is 1. The number of benzene rings is 2. The molecule has 0 radical (unpaired) electrons. The number of thiazole rings is 1. The van der Waals surface area contributed by atoms with Crippen molar-refractivity contribution >= 4 is 44.4 Å². The summed E-state index contributed by atoms with van der Waals surface area (Å²) in [6.45, 7) is 2.10. The van der Waals surface area contributed by atoms with Gasteiger partial charge in [0.25, 0.3) is 0 Å². The molecule has 3 rings (SSSR count). The molecular weight excluding hydrogens is 355 g/mol. The van der Waals surface area contributed by atoms with Crippen LogP contribution >= 0.6 is 23.1 Å². The topological polar surface area (TPSA) is 42.0 Å². The zero-order valence-electron chi connectivity index (χ0n) is 13.9. The molecule has 25 heavy (non-hydrogen) atoms. The molecule has 2 aromatic carbocycles. The molecule has 0 fully saturated rings. The van der Waals surface area contributed by atoms with E-state index >= 15 is 0 Å². The van der Waals surface area contributed by atoms with E-state index < -0.39 is 0 Å². The van der Waals surface area contributed by atoms with Crippen molar-refractivity contribution in [1.82, 2.24) is 4.98 Å². The molecule has 3 nitrogen and oxygen atoms in total. The van der Waals surface area contributed by atoms with Crippen LogP contribution in [0, 0.1) is 5.82 Å². The van der Waals surface area contributed by atoms with E-state index in [1.807, 2.05) is 12.1 Å². The molecule has 3 aromatic rings. The van der Waals surface area contributed by atoms with E-state index in [9.17, 15) is 9.18 Å². The number of nitrogens with one attached hydrogen (secondary N) is 1. The van der Waals surface area contributed by atoms with E-state index in [-0.39, 0.29) is 11.7 Å². The third-order valence-electron chi connectivity index (χ3n) is 3.76. The van der Waals surface area contributed by atoms with E-state index in [4.69, 9.17) is 0 Å². The van der Waals surface area contributed by atoms with Gasteiger partial charge in [0.1, 0.15) is 5.82 Å². The first kappa shape index (κ1) is 17.9. The molecule has 0 aliphatic heterocycles. The van der Waals surface area contributed by atoms with Crippen LogP contribution in [0.3, 0.4) is 0 Å². The average molecular weight is 375 g/mol. The highest BCUT2D eigenvalue weighted by Gasteiger charge is 2.10. The van der Waals surface area contributed by atoms with Gasteiger partial charge in [0.2, 0.25) is 5.91 Å². The molecule has 1 N–H and O–H groups in total. The Kier molecular flexibility index (Phi) is 6.04. The zero-order chi connectivity index (χ0) is 17.6. The zero-order valence-corrected chi connectivity index (χ0v) is 15.6. The maximum Gasteiger partial charge on any atom is 0.226 e. The first-order valence-corrected chi connectivity index (χ1v) is 10.0. The van der Waals surface area contributed by atoms with Crippen molar-refractivity contribution in [3.8, 4) is 0 Å². The van der Waals surface area contributed by atoms with Crippen molar-refractivity contribution in [2.75, 3.05) is 11.1 Å². The summed E-state index contributed by atoms with van der Waals surface area (Å²) in [5.41, 5.74) is 2.18. The number of nitrogens with zero attached hydrogens (tertiary/aromatic N) is 1. The van der Waals surface area contributed by atoms with Gasteiger partial charge in [-0.25, -0.2) is 9.37 Å². The monoisotopic (exact) mass is 374 g/mol. The summed E-state index contributed by atoms with van der Waals surface area (Å²) in [6.07, 6.45) is 2.14. The van der Waals surface area contributed by atoms with Crippen LogP contribution in [0.2, 0.25) is 0 Å². The Bertz CT molecular complexity index is 861. The second-order valence-electron chi connectivity index (χ2n) is 5.59. The molecular formula is C19H19FN2OS2. The number of aryl methyl sites for hydroxylation is 1. The number of rotatable bonds is 7. The van der Waals surface area contributed by atoms with E-state index in [1.54, 1.807) is 23.9 Å². The highest BCUT2D eigenvalue weighted by Crippen LogP contribution is 2.28. The minimum atomic E-state index is -0.231. The van der Waals surface area contributed by atoms with Gasteiger partial charge in [-0.1, -0.05) is 30.4 Å². The summed E-state index contributed by atoms with van der Waals surface area (Å²) in [6, 6.07) is 12.5. The highest BCUT2D eigenvalue weighted by molar-refractivity contribution is 7.99. The normalized spacial score (nSPS) is 11.0. The molecule has 0 aliphatic carbocycles. The second kappa shape index (κ2) is 8.45. The molecule has 1 aromatic heterocycles. The van der Waals surface area contributed by atoms with Gasteiger partial charge in [0, 0.05) is 11.3 Å². The summed E-state index contributed by atoms with van der Waals surface area (Å²) in [4.78, 5) is 17.7. The Labute approximate surface area is 154 Å². The number of anilines is 1. The summed E-state index contributed by atoms with van der Waals surface area (Å²) in [7, 11) is 0. The Morgan fingerprint density at radius 3 is 2.80 bits per heavy atom. The van der Waals surface area contributed by atoms with Crippen molar-refractivity contribution in [3.63, 3.8) is 0 Å². The molecule has 1 heterocycles. The van der Waals surface area contributed by atoms with Crippen molar-refractivity contribution in [2.45, 2.75) is 31.1 Å².